The van der Waals surface area contributed by atoms with Crippen LogP contribution in [0.25, 0.3) is 0 Å². The van der Waals surface area contributed by atoms with Crippen LogP contribution >= 0.6 is 15.9 Å². The molecule has 1 aromatic carbocycles. The Morgan fingerprint density at radius 1 is 1.19 bits per heavy atom. The molecular formula is C14H21BrN2O3S. The molecule has 0 radical (unpaired) electrons. The van der Waals surface area contributed by atoms with Gasteiger partial charge in [-0.2, -0.15) is 0 Å². The fourth-order valence-corrected chi connectivity index (χ4v) is 3.03. The Hall–Kier alpha value is -0.920. The van der Waals surface area contributed by atoms with Crippen LogP contribution in [-0.2, 0) is 20.1 Å². The second-order valence-electron chi connectivity index (χ2n) is 5.72. The molecule has 118 valence electrons. The number of benzene rings is 1. The number of rotatable bonds is 6. The van der Waals surface area contributed by atoms with Gasteiger partial charge in [0.1, 0.15) is 0 Å². The van der Waals surface area contributed by atoms with E-state index >= 15 is 0 Å². The third-order valence-electron chi connectivity index (χ3n) is 2.55. The molecule has 1 aromatic rings. The van der Waals surface area contributed by atoms with Gasteiger partial charge in [0, 0.05) is 23.8 Å². The minimum atomic E-state index is -3.57. The first-order valence-electron chi connectivity index (χ1n) is 6.59. The SMILES string of the molecule is CC(C)(C)NC(=O)CCNS(=O)(=O)c1ccc(CBr)cc1. The van der Waals surface area contributed by atoms with Gasteiger partial charge in [-0.15, -0.1) is 0 Å². The summed E-state index contributed by atoms with van der Waals surface area (Å²) < 4.78 is 26.5. The average Bonchev–Trinajstić information content (AvgIpc) is 2.36. The summed E-state index contributed by atoms with van der Waals surface area (Å²) in [6.45, 7) is 5.70. The van der Waals surface area contributed by atoms with Gasteiger partial charge in [0.2, 0.25) is 15.9 Å². The lowest BCUT2D eigenvalue weighted by Gasteiger charge is -2.20. The fraction of sp³-hybridized carbons (Fsp3) is 0.500. The summed E-state index contributed by atoms with van der Waals surface area (Å²) in [5.41, 5.74) is 0.681. The van der Waals surface area contributed by atoms with Gasteiger partial charge in [0.05, 0.1) is 4.90 Å². The molecular weight excluding hydrogens is 356 g/mol. The van der Waals surface area contributed by atoms with E-state index in [-0.39, 0.29) is 29.3 Å². The van der Waals surface area contributed by atoms with Gasteiger partial charge in [0.15, 0.2) is 0 Å². The second-order valence-corrected chi connectivity index (χ2v) is 8.05. The van der Waals surface area contributed by atoms with Gasteiger partial charge in [-0.25, -0.2) is 13.1 Å². The predicted molar refractivity (Wildman–Crippen MR) is 86.8 cm³/mol. The van der Waals surface area contributed by atoms with Crippen LogP contribution in [0.3, 0.4) is 0 Å². The molecule has 21 heavy (non-hydrogen) atoms. The van der Waals surface area contributed by atoms with E-state index in [0.29, 0.717) is 5.33 Å². The van der Waals surface area contributed by atoms with Crippen LogP contribution < -0.4 is 10.0 Å². The van der Waals surface area contributed by atoms with Crippen LogP contribution in [0, 0.1) is 0 Å². The predicted octanol–water partition coefficient (Wildman–Crippen LogP) is 2.16. The lowest BCUT2D eigenvalue weighted by molar-refractivity contribution is -0.122. The fourth-order valence-electron chi connectivity index (χ4n) is 1.62. The highest BCUT2D eigenvalue weighted by Crippen LogP contribution is 2.12. The maximum atomic E-state index is 12.0. The number of alkyl halides is 1. The molecule has 0 saturated heterocycles. The first kappa shape index (κ1) is 18.1. The number of carbonyl (C=O) groups excluding carboxylic acids is 1. The van der Waals surface area contributed by atoms with Crippen molar-refractivity contribution in [2.75, 3.05) is 6.54 Å². The number of hydrogen-bond acceptors (Lipinski definition) is 3. The molecule has 0 aliphatic rings. The zero-order valence-electron chi connectivity index (χ0n) is 12.4. The Balaban J connectivity index is 2.55. The Morgan fingerprint density at radius 3 is 2.24 bits per heavy atom. The molecule has 0 aliphatic heterocycles. The van der Waals surface area contributed by atoms with Gasteiger partial charge in [-0.1, -0.05) is 28.1 Å². The summed E-state index contributed by atoms with van der Waals surface area (Å²) in [6, 6.07) is 6.59. The summed E-state index contributed by atoms with van der Waals surface area (Å²) in [5, 5.41) is 3.46. The zero-order valence-corrected chi connectivity index (χ0v) is 14.8. The Bertz CT molecular complexity index is 577. The molecule has 2 N–H and O–H groups in total. The van der Waals surface area contributed by atoms with Crippen molar-refractivity contribution in [1.29, 1.82) is 0 Å². The molecule has 1 rings (SSSR count). The molecule has 0 aromatic heterocycles. The monoisotopic (exact) mass is 376 g/mol. The minimum Gasteiger partial charge on any atom is -0.351 e. The van der Waals surface area contributed by atoms with E-state index in [9.17, 15) is 13.2 Å². The zero-order chi connectivity index (χ0) is 16.1. The largest absolute Gasteiger partial charge is 0.351 e. The molecule has 0 unspecified atom stereocenters. The van der Waals surface area contributed by atoms with Crippen molar-refractivity contribution in [3.8, 4) is 0 Å². The average molecular weight is 377 g/mol. The summed E-state index contributed by atoms with van der Waals surface area (Å²) in [7, 11) is -3.57. The lowest BCUT2D eigenvalue weighted by atomic mass is 10.1. The van der Waals surface area contributed by atoms with Crippen molar-refractivity contribution >= 4 is 31.9 Å². The maximum Gasteiger partial charge on any atom is 0.240 e. The molecule has 0 spiro atoms. The van der Waals surface area contributed by atoms with Crippen LogP contribution in [0.5, 0.6) is 0 Å². The van der Waals surface area contributed by atoms with Gasteiger partial charge in [0.25, 0.3) is 0 Å². The third kappa shape index (κ3) is 6.58. The van der Waals surface area contributed by atoms with Gasteiger partial charge >= 0.3 is 0 Å². The normalized spacial score (nSPS) is 12.2. The van der Waals surface area contributed by atoms with Crippen molar-refractivity contribution in [3.05, 3.63) is 29.8 Å². The first-order chi connectivity index (χ1) is 9.64. The smallest absolute Gasteiger partial charge is 0.240 e. The van der Waals surface area contributed by atoms with Crippen LogP contribution in [0.15, 0.2) is 29.2 Å². The Labute approximate surface area is 134 Å². The van der Waals surface area contributed by atoms with E-state index in [4.69, 9.17) is 0 Å². The van der Waals surface area contributed by atoms with Gasteiger partial charge in [-0.3, -0.25) is 4.79 Å². The topological polar surface area (TPSA) is 75.3 Å². The number of hydrogen-bond donors (Lipinski definition) is 2. The number of sulfonamides is 1. The second kappa shape index (κ2) is 7.38. The molecule has 1 amide bonds. The molecule has 0 saturated carbocycles. The first-order valence-corrected chi connectivity index (χ1v) is 9.20. The quantitative estimate of drug-likeness (QED) is 0.746. The number of halogens is 1. The summed E-state index contributed by atoms with van der Waals surface area (Å²) in [6.07, 6.45) is 0.107. The van der Waals surface area contributed by atoms with Gasteiger partial charge in [-0.05, 0) is 38.5 Å². The van der Waals surface area contributed by atoms with Crippen molar-refractivity contribution in [2.24, 2.45) is 0 Å². The molecule has 0 aliphatic carbocycles. The minimum absolute atomic E-state index is 0.0739. The number of nitrogens with one attached hydrogen (secondary N) is 2. The van der Waals surface area contributed by atoms with Crippen molar-refractivity contribution < 1.29 is 13.2 Å². The molecule has 0 atom stereocenters. The van der Waals surface area contributed by atoms with Crippen molar-refractivity contribution in [1.82, 2.24) is 10.0 Å². The molecule has 0 heterocycles. The van der Waals surface area contributed by atoms with Crippen LogP contribution in [-0.4, -0.2) is 26.4 Å². The molecule has 7 heteroatoms. The number of carbonyl (C=O) groups is 1. The van der Waals surface area contributed by atoms with Crippen molar-refractivity contribution in [3.63, 3.8) is 0 Å². The van der Waals surface area contributed by atoms with E-state index in [0.717, 1.165) is 5.56 Å². The highest BCUT2D eigenvalue weighted by atomic mass is 79.9. The van der Waals surface area contributed by atoms with E-state index in [2.05, 4.69) is 26.0 Å². The number of amides is 1. The van der Waals surface area contributed by atoms with Crippen LogP contribution in [0.2, 0.25) is 0 Å². The maximum absolute atomic E-state index is 12.0. The van der Waals surface area contributed by atoms with Crippen molar-refractivity contribution in [2.45, 2.75) is 43.0 Å². The Morgan fingerprint density at radius 2 is 1.76 bits per heavy atom. The molecule has 0 bridgehead atoms. The van der Waals surface area contributed by atoms with Gasteiger partial charge < -0.3 is 5.32 Å². The summed E-state index contributed by atoms with van der Waals surface area (Å²) in [5.74, 6) is -0.181. The highest BCUT2D eigenvalue weighted by Gasteiger charge is 2.16. The van der Waals surface area contributed by atoms with Crippen LogP contribution in [0.4, 0.5) is 0 Å². The van der Waals surface area contributed by atoms with Crippen LogP contribution in [0.1, 0.15) is 32.8 Å². The van der Waals surface area contributed by atoms with E-state index in [1.165, 1.54) is 0 Å². The Kier molecular flexibility index (Phi) is 6.37. The highest BCUT2D eigenvalue weighted by molar-refractivity contribution is 9.08. The van der Waals surface area contributed by atoms with E-state index in [1.807, 2.05) is 20.8 Å². The standard InChI is InChI=1S/C14H21BrN2O3S/c1-14(2,3)17-13(18)8-9-16-21(19,20)12-6-4-11(10-15)5-7-12/h4-7,16H,8-10H2,1-3H3,(H,17,18). The lowest BCUT2D eigenvalue weighted by Crippen LogP contribution is -2.41. The summed E-state index contributed by atoms with van der Waals surface area (Å²) in [4.78, 5) is 11.8. The van der Waals surface area contributed by atoms with E-state index in [1.54, 1.807) is 24.3 Å². The summed E-state index contributed by atoms with van der Waals surface area (Å²) >= 11 is 3.30. The molecule has 0 fully saturated rings. The van der Waals surface area contributed by atoms with E-state index < -0.39 is 10.0 Å². The molecule has 5 nitrogen and oxygen atoms in total. The third-order valence-corrected chi connectivity index (χ3v) is 4.67.